The van der Waals surface area contributed by atoms with E-state index in [1.807, 2.05) is 25.2 Å². The number of allylic oxidation sites excluding steroid dienone is 6. The maximum absolute atomic E-state index is 6.25. The fourth-order valence-corrected chi connectivity index (χ4v) is 2.24. The van der Waals surface area contributed by atoms with Crippen LogP contribution in [0.15, 0.2) is 58.4 Å². The molecule has 19 heavy (non-hydrogen) atoms. The normalized spacial score (nSPS) is 18.5. The molecule has 1 rings (SSSR count). The van der Waals surface area contributed by atoms with Gasteiger partial charge in [0.05, 0.1) is 5.03 Å². The smallest absolute Gasteiger partial charge is 0.120 e. The van der Waals surface area contributed by atoms with Crippen LogP contribution < -0.4 is 0 Å². The van der Waals surface area contributed by atoms with E-state index >= 15 is 0 Å². The highest BCUT2D eigenvalue weighted by molar-refractivity contribution is 6.31. The summed E-state index contributed by atoms with van der Waals surface area (Å²) in [6.07, 6.45) is 9.51. The Morgan fingerprint density at radius 1 is 1.58 bits per heavy atom. The third-order valence-electron chi connectivity index (χ3n) is 3.33. The van der Waals surface area contributed by atoms with Gasteiger partial charge in [-0.3, -0.25) is 0 Å². The molecule has 0 radical (unpaired) electrons. The van der Waals surface area contributed by atoms with Crippen molar-refractivity contribution in [1.29, 1.82) is 0 Å². The van der Waals surface area contributed by atoms with Gasteiger partial charge >= 0.3 is 0 Å². The second kappa shape index (κ2) is 7.40. The zero-order valence-corrected chi connectivity index (χ0v) is 13.1. The lowest BCUT2D eigenvalue weighted by atomic mass is 10.0. The zero-order valence-electron chi connectivity index (χ0n) is 12.3. The molecule has 0 saturated carbocycles. The molecular weight excluding hydrogens is 256 g/mol. The van der Waals surface area contributed by atoms with E-state index in [9.17, 15) is 0 Å². The van der Waals surface area contributed by atoms with Crippen LogP contribution in [0.25, 0.3) is 0 Å². The lowest BCUT2D eigenvalue weighted by Crippen LogP contribution is -2.12. The van der Waals surface area contributed by atoms with E-state index in [0.717, 1.165) is 24.2 Å². The third kappa shape index (κ3) is 4.43. The van der Waals surface area contributed by atoms with Crippen molar-refractivity contribution in [2.24, 2.45) is 0 Å². The molecule has 0 spiro atoms. The number of hydrogen-bond donors (Lipinski definition) is 0. The summed E-state index contributed by atoms with van der Waals surface area (Å²) >= 11 is 6.25. The Bertz CT molecular complexity index is 464. The van der Waals surface area contributed by atoms with Gasteiger partial charge in [-0.2, -0.15) is 0 Å². The van der Waals surface area contributed by atoms with Crippen LogP contribution in [-0.2, 0) is 4.74 Å². The van der Waals surface area contributed by atoms with E-state index in [-0.39, 0.29) is 6.10 Å². The molecule has 0 N–H and O–H groups in total. The summed E-state index contributed by atoms with van der Waals surface area (Å²) in [7, 11) is 0. The lowest BCUT2D eigenvalue weighted by Gasteiger charge is -2.21. The molecule has 0 fully saturated rings. The van der Waals surface area contributed by atoms with Crippen molar-refractivity contribution < 1.29 is 4.74 Å². The third-order valence-corrected chi connectivity index (χ3v) is 3.67. The second-order valence-electron chi connectivity index (χ2n) is 4.87. The molecule has 1 unspecified atom stereocenters. The predicted octanol–water partition coefficient (Wildman–Crippen LogP) is 5.66. The van der Waals surface area contributed by atoms with Crippen LogP contribution in [0, 0.1) is 0 Å². The van der Waals surface area contributed by atoms with Gasteiger partial charge in [0.1, 0.15) is 11.9 Å². The molecule has 0 aromatic rings. The standard InChI is InChI=1S/C17H23ClO/c1-6-13(4)15(7-2)14(5)19-17-11-12(3)9-8-10-16(17)18/h7-10,14H,2,6,11H2,1,3-5H3/b15-13+. The van der Waals surface area contributed by atoms with Gasteiger partial charge in [0.2, 0.25) is 0 Å². The van der Waals surface area contributed by atoms with Crippen LogP contribution in [0.1, 0.15) is 40.5 Å². The first-order valence-corrected chi connectivity index (χ1v) is 7.08. The van der Waals surface area contributed by atoms with Crippen molar-refractivity contribution in [1.82, 2.24) is 0 Å². The van der Waals surface area contributed by atoms with Crippen LogP contribution in [0.3, 0.4) is 0 Å². The van der Waals surface area contributed by atoms with Gasteiger partial charge in [0.15, 0.2) is 0 Å². The van der Waals surface area contributed by atoms with Gasteiger partial charge < -0.3 is 4.74 Å². The topological polar surface area (TPSA) is 9.23 Å². The van der Waals surface area contributed by atoms with Crippen LogP contribution >= 0.6 is 11.6 Å². The summed E-state index contributed by atoms with van der Waals surface area (Å²) < 4.78 is 6.06. The predicted molar refractivity (Wildman–Crippen MR) is 84.1 cm³/mol. The Balaban J connectivity index is 2.93. The van der Waals surface area contributed by atoms with Gasteiger partial charge in [-0.15, -0.1) is 0 Å². The summed E-state index contributed by atoms with van der Waals surface area (Å²) in [5.74, 6) is 0.833. The van der Waals surface area contributed by atoms with Crippen molar-refractivity contribution in [2.45, 2.75) is 46.6 Å². The van der Waals surface area contributed by atoms with Crippen LogP contribution in [0.2, 0.25) is 0 Å². The number of hydrogen-bond acceptors (Lipinski definition) is 1. The van der Waals surface area contributed by atoms with Crippen molar-refractivity contribution in [3.63, 3.8) is 0 Å². The maximum Gasteiger partial charge on any atom is 0.120 e. The highest BCUT2D eigenvalue weighted by atomic mass is 35.5. The van der Waals surface area contributed by atoms with Gasteiger partial charge in [-0.05, 0) is 38.8 Å². The molecule has 0 bridgehead atoms. The molecule has 0 heterocycles. The molecule has 2 heteroatoms. The molecule has 104 valence electrons. The molecular formula is C17H23ClO. The molecule has 1 atom stereocenters. The minimum atomic E-state index is -0.0273. The minimum Gasteiger partial charge on any atom is -0.488 e. The molecule has 1 nitrogen and oxygen atoms in total. The van der Waals surface area contributed by atoms with E-state index < -0.39 is 0 Å². The van der Waals surface area contributed by atoms with E-state index in [0.29, 0.717) is 5.03 Å². The van der Waals surface area contributed by atoms with E-state index in [1.165, 1.54) is 11.1 Å². The fourth-order valence-electron chi connectivity index (χ4n) is 2.05. The average Bonchev–Trinajstić information content (AvgIpc) is 2.52. The van der Waals surface area contributed by atoms with Crippen LogP contribution in [-0.4, -0.2) is 6.10 Å². The Morgan fingerprint density at radius 3 is 2.84 bits per heavy atom. The lowest BCUT2D eigenvalue weighted by molar-refractivity contribution is 0.156. The van der Waals surface area contributed by atoms with Crippen molar-refractivity contribution >= 4 is 11.6 Å². The highest BCUT2D eigenvalue weighted by Gasteiger charge is 2.15. The summed E-state index contributed by atoms with van der Waals surface area (Å²) in [4.78, 5) is 0. The Hall–Kier alpha value is -1.21. The molecule has 1 aliphatic carbocycles. The number of ether oxygens (including phenoxy) is 1. The fraction of sp³-hybridized carbons (Fsp3) is 0.412. The van der Waals surface area contributed by atoms with Gasteiger partial charge in [-0.25, -0.2) is 0 Å². The maximum atomic E-state index is 6.25. The molecule has 0 aromatic carbocycles. The largest absolute Gasteiger partial charge is 0.488 e. The van der Waals surface area contributed by atoms with E-state index in [4.69, 9.17) is 16.3 Å². The Kier molecular flexibility index (Phi) is 6.17. The first kappa shape index (κ1) is 15.8. The molecule has 0 aliphatic heterocycles. The summed E-state index contributed by atoms with van der Waals surface area (Å²) in [6, 6.07) is 0. The first-order valence-electron chi connectivity index (χ1n) is 6.70. The van der Waals surface area contributed by atoms with Crippen molar-refractivity contribution in [3.05, 3.63) is 58.4 Å². The minimum absolute atomic E-state index is 0.0273. The van der Waals surface area contributed by atoms with Gasteiger partial charge in [0.25, 0.3) is 0 Å². The molecule has 1 aliphatic rings. The van der Waals surface area contributed by atoms with Crippen LogP contribution in [0.5, 0.6) is 0 Å². The monoisotopic (exact) mass is 278 g/mol. The Labute approximate surface area is 122 Å². The second-order valence-corrected chi connectivity index (χ2v) is 5.28. The molecule has 0 amide bonds. The Morgan fingerprint density at radius 2 is 2.26 bits per heavy atom. The van der Waals surface area contributed by atoms with E-state index in [2.05, 4.69) is 33.4 Å². The van der Waals surface area contributed by atoms with Gasteiger partial charge in [0, 0.05) is 6.42 Å². The van der Waals surface area contributed by atoms with Crippen LogP contribution in [0.4, 0.5) is 0 Å². The van der Waals surface area contributed by atoms with Crippen molar-refractivity contribution in [2.75, 3.05) is 0 Å². The van der Waals surface area contributed by atoms with E-state index in [1.54, 1.807) is 0 Å². The zero-order chi connectivity index (χ0) is 14.4. The summed E-state index contributed by atoms with van der Waals surface area (Å²) in [5.41, 5.74) is 3.69. The SMILES string of the molecule is C=C/C(=C(/C)CC)C(C)OC1=C(Cl)C=CC=C(C)C1. The highest BCUT2D eigenvalue weighted by Crippen LogP contribution is 2.27. The quantitative estimate of drug-likeness (QED) is 0.590. The summed E-state index contributed by atoms with van der Waals surface area (Å²) in [6.45, 7) is 12.3. The van der Waals surface area contributed by atoms with Crippen molar-refractivity contribution in [3.8, 4) is 0 Å². The molecule has 0 saturated heterocycles. The van der Waals surface area contributed by atoms with Gasteiger partial charge in [-0.1, -0.05) is 54.5 Å². The summed E-state index contributed by atoms with van der Waals surface area (Å²) in [5, 5.41) is 0.678. The average molecular weight is 279 g/mol. The molecule has 0 aromatic heterocycles. The first-order chi connectivity index (χ1) is 8.99. The number of rotatable bonds is 5. The number of halogens is 1.